The van der Waals surface area contributed by atoms with Gasteiger partial charge in [-0.15, -0.1) is 0 Å². The van der Waals surface area contributed by atoms with E-state index in [2.05, 4.69) is 0 Å². The number of hydrogen-bond donors (Lipinski definition) is 0. The number of carbonyl (C=O) groups excluding carboxylic acids is 1. The van der Waals surface area contributed by atoms with E-state index in [0.717, 1.165) is 6.07 Å². The SMILES string of the molecule is COc1ccc(C(=O)N2CCN(c3ccc([N+](=O)[O-])cc3F)CC2)cc1. The Kier molecular flexibility index (Phi) is 5.01. The Morgan fingerprint density at radius 1 is 1.12 bits per heavy atom. The van der Waals surface area contributed by atoms with Gasteiger partial charge in [0.25, 0.3) is 11.6 Å². The van der Waals surface area contributed by atoms with Crippen molar-refractivity contribution in [3.05, 3.63) is 64.0 Å². The van der Waals surface area contributed by atoms with Crippen LogP contribution in [0.15, 0.2) is 42.5 Å². The molecule has 1 fully saturated rings. The Labute approximate surface area is 149 Å². The van der Waals surface area contributed by atoms with Crippen molar-refractivity contribution in [1.82, 2.24) is 4.90 Å². The summed E-state index contributed by atoms with van der Waals surface area (Å²) in [6, 6.07) is 10.5. The van der Waals surface area contributed by atoms with Crippen LogP contribution in [-0.4, -0.2) is 49.0 Å². The minimum Gasteiger partial charge on any atom is -0.497 e. The summed E-state index contributed by atoms with van der Waals surface area (Å²) in [7, 11) is 1.56. The second kappa shape index (κ2) is 7.38. The Morgan fingerprint density at radius 2 is 1.77 bits per heavy atom. The smallest absolute Gasteiger partial charge is 0.272 e. The molecule has 0 atom stereocenters. The minimum absolute atomic E-state index is 0.0866. The maximum absolute atomic E-state index is 14.1. The van der Waals surface area contributed by atoms with Crippen molar-refractivity contribution in [3.8, 4) is 5.75 Å². The van der Waals surface area contributed by atoms with Crippen molar-refractivity contribution >= 4 is 17.3 Å². The first-order chi connectivity index (χ1) is 12.5. The molecule has 0 aliphatic carbocycles. The van der Waals surface area contributed by atoms with Gasteiger partial charge in [0.1, 0.15) is 5.75 Å². The number of anilines is 1. The number of amides is 1. The van der Waals surface area contributed by atoms with Crippen molar-refractivity contribution in [2.24, 2.45) is 0 Å². The molecule has 7 nitrogen and oxygen atoms in total. The summed E-state index contributed by atoms with van der Waals surface area (Å²) in [5.41, 5.74) is 0.604. The number of carbonyl (C=O) groups is 1. The molecule has 0 saturated carbocycles. The predicted molar refractivity (Wildman–Crippen MR) is 94.2 cm³/mol. The fourth-order valence-electron chi connectivity index (χ4n) is 2.93. The van der Waals surface area contributed by atoms with Gasteiger partial charge in [-0.05, 0) is 30.3 Å². The van der Waals surface area contributed by atoms with E-state index >= 15 is 0 Å². The molecule has 1 aliphatic heterocycles. The molecule has 26 heavy (non-hydrogen) atoms. The van der Waals surface area contributed by atoms with Crippen LogP contribution in [0.5, 0.6) is 5.75 Å². The first kappa shape index (κ1) is 17.7. The number of nitro groups is 1. The lowest BCUT2D eigenvalue weighted by molar-refractivity contribution is -0.385. The summed E-state index contributed by atoms with van der Waals surface area (Å²) in [5, 5.41) is 10.7. The van der Waals surface area contributed by atoms with Gasteiger partial charge in [0, 0.05) is 37.8 Å². The van der Waals surface area contributed by atoms with Gasteiger partial charge < -0.3 is 14.5 Å². The summed E-state index contributed by atoms with van der Waals surface area (Å²) >= 11 is 0. The molecule has 2 aromatic rings. The van der Waals surface area contributed by atoms with E-state index in [-0.39, 0.29) is 11.6 Å². The van der Waals surface area contributed by atoms with Crippen molar-refractivity contribution < 1.29 is 18.8 Å². The van der Waals surface area contributed by atoms with Crippen LogP contribution in [0.4, 0.5) is 15.8 Å². The van der Waals surface area contributed by atoms with Crippen LogP contribution >= 0.6 is 0 Å². The van der Waals surface area contributed by atoms with Crippen LogP contribution in [0, 0.1) is 15.9 Å². The van der Waals surface area contributed by atoms with Gasteiger partial charge in [-0.2, -0.15) is 0 Å². The van der Waals surface area contributed by atoms with Crippen LogP contribution in [0.2, 0.25) is 0 Å². The zero-order valence-electron chi connectivity index (χ0n) is 14.2. The number of ether oxygens (including phenoxy) is 1. The lowest BCUT2D eigenvalue weighted by Crippen LogP contribution is -2.49. The first-order valence-corrected chi connectivity index (χ1v) is 8.12. The van der Waals surface area contributed by atoms with Gasteiger partial charge in [0.05, 0.1) is 23.8 Å². The number of methoxy groups -OCH3 is 1. The Morgan fingerprint density at radius 3 is 2.31 bits per heavy atom. The number of nitro benzene ring substituents is 1. The molecule has 2 aromatic carbocycles. The number of rotatable bonds is 4. The van der Waals surface area contributed by atoms with Crippen molar-refractivity contribution in [2.45, 2.75) is 0 Å². The Hall–Kier alpha value is -3.16. The van der Waals surface area contributed by atoms with E-state index in [1.807, 2.05) is 0 Å². The zero-order valence-corrected chi connectivity index (χ0v) is 14.2. The summed E-state index contributed by atoms with van der Waals surface area (Å²) in [6.07, 6.45) is 0. The van der Waals surface area contributed by atoms with Gasteiger partial charge in [0.15, 0.2) is 5.82 Å². The number of hydrogen-bond acceptors (Lipinski definition) is 5. The second-order valence-corrected chi connectivity index (χ2v) is 5.90. The molecular formula is C18H18FN3O4. The predicted octanol–water partition coefficient (Wildman–Crippen LogP) is 2.70. The molecule has 0 bridgehead atoms. The van der Waals surface area contributed by atoms with Crippen LogP contribution in [0.1, 0.15) is 10.4 Å². The Bertz CT molecular complexity index is 818. The fraction of sp³-hybridized carbons (Fsp3) is 0.278. The van der Waals surface area contributed by atoms with Crippen LogP contribution in [-0.2, 0) is 0 Å². The summed E-state index contributed by atoms with van der Waals surface area (Å²) in [5.74, 6) is -0.0365. The normalized spacial score (nSPS) is 14.2. The third kappa shape index (κ3) is 3.58. The van der Waals surface area contributed by atoms with Gasteiger partial charge in [0.2, 0.25) is 0 Å². The van der Waals surface area contributed by atoms with Crippen molar-refractivity contribution in [1.29, 1.82) is 0 Å². The molecule has 8 heteroatoms. The molecule has 1 aliphatic rings. The first-order valence-electron chi connectivity index (χ1n) is 8.12. The highest BCUT2D eigenvalue weighted by atomic mass is 19.1. The largest absolute Gasteiger partial charge is 0.497 e. The minimum atomic E-state index is -0.630. The van der Waals surface area contributed by atoms with Gasteiger partial charge >= 0.3 is 0 Å². The van der Waals surface area contributed by atoms with E-state index in [9.17, 15) is 19.3 Å². The molecule has 0 radical (unpaired) electrons. The van der Waals surface area contributed by atoms with Crippen molar-refractivity contribution in [3.63, 3.8) is 0 Å². The fourth-order valence-corrected chi connectivity index (χ4v) is 2.93. The molecule has 0 aromatic heterocycles. The standard InChI is InChI=1S/C18H18FN3O4/c1-26-15-5-2-13(3-6-15)18(23)21-10-8-20(9-11-21)17-7-4-14(22(24)25)12-16(17)19/h2-7,12H,8-11H2,1H3. The lowest BCUT2D eigenvalue weighted by Gasteiger charge is -2.36. The summed E-state index contributed by atoms with van der Waals surface area (Å²) in [6.45, 7) is 1.80. The highest BCUT2D eigenvalue weighted by molar-refractivity contribution is 5.94. The zero-order chi connectivity index (χ0) is 18.7. The highest BCUT2D eigenvalue weighted by Crippen LogP contribution is 2.25. The maximum Gasteiger partial charge on any atom is 0.272 e. The molecule has 1 amide bonds. The highest BCUT2D eigenvalue weighted by Gasteiger charge is 2.24. The molecule has 0 N–H and O–H groups in total. The molecule has 1 saturated heterocycles. The molecule has 136 valence electrons. The lowest BCUT2D eigenvalue weighted by atomic mass is 10.1. The van der Waals surface area contributed by atoms with Gasteiger partial charge in [-0.25, -0.2) is 4.39 Å². The average molecular weight is 359 g/mol. The monoisotopic (exact) mass is 359 g/mol. The second-order valence-electron chi connectivity index (χ2n) is 5.90. The maximum atomic E-state index is 14.1. The number of non-ortho nitro benzene ring substituents is 1. The molecule has 1 heterocycles. The number of halogens is 1. The molecule has 0 unspecified atom stereocenters. The van der Waals surface area contributed by atoms with Crippen LogP contribution in [0.3, 0.4) is 0 Å². The third-order valence-electron chi connectivity index (χ3n) is 4.39. The van der Waals surface area contributed by atoms with E-state index in [1.54, 1.807) is 41.2 Å². The van der Waals surface area contributed by atoms with Gasteiger partial charge in [-0.1, -0.05) is 0 Å². The van der Waals surface area contributed by atoms with E-state index < -0.39 is 10.7 Å². The molecular weight excluding hydrogens is 341 g/mol. The quantitative estimate of drug-likeness (QED) is 0.620. The third-order valence-corrected chi connectivity index (χ3v) is 4.39. The number of piperazine rings is 1. The number of nitrogens with zero attached hydrogens (tertiary/aromatic N) is 3. The Balaban J connectivity index is 1.65. The average Bonchev–Trinajstić information content (AvgIpc) is 2.67. The van der Waals surface area contributed by atoms with E-state index in [4.69, 9.17) is 4.74 Å². The summed E-state index contributed by atoms with van der Waals surface area (Å²) < 4.78 is 19.2. The topological polar surface area (TPSA) is 75.9 Å². The number of benzene rings is 2. The van der Waals surface area contributed by atoms with E-state index in [0.29, 0.717) is 43.2 Å². The van der Waals surface area contributed by atoms with Gasteiger partial charge in [-0.3, -0.25) is 14.9 Å². The van der Waals surface area contributed by atoms with Crippen molar-refractivity contribution in [2.75, 3.05) is 38.2 Å². The van der Waals surface area contributed by atoms with E-state index in [1.165, 1.54) is 12.1 Å². The molecule has 3 rings (SSSR count). The summed E-state index contributed by atoms with van der Waals surface area (Å²) in [4.78, 5) is 26.1. The molecule has 0 spiro atoms. The van der Waals surface area contributed by atoms with Crippen LogP contribution in [0.25, 0.3) is 0 Å². The van der Waals surface area contributed by atoms with Crippen LogP contribution < -0.4 is 9.64 Å².